The number of methoxy groups -OCH3 is 1. The monoisotopic (exact) mass is 375 g/mol. The topological polar surface area (TPSA) is 79.8 Å². The number of benzene rings is 2. The van der Waals surface area contributed by atoms with Crippen LogP contribution < -0.4 is 15.5 Å². The predicted octanol–water partition coefficient (Wildman–Crippen LogP) is 2.55. The zero-order chi connectivity index (χ0) is 16.7. The van der Waals surface area contributed by atoms with E-state index in [2.05, 4.69) is 31.8 Å². The van der Waals surface area contributed by atoms with Gasteiger partial charge >= 0.3 is 11.8 Å². The molecule has 2 aromatic carbocycles. The number of para-hydroxylation sites is 2. The number of anilines is 1. The van der Waals surface area contributed by atoms with Gasteiger partial charge < -0.3 is 10.1 Å². The van der Waals surface area contributed by atoms with E-state index in [1.54, 1.807) is 24.3 Å². The lowest BCUT2D eigenvalue weighted by Crippen LogP contribution is -2.32. The van der Waals surface area contributed by atoms with E-state index >= 15 is 0 Å². The van der Waals surface area contributed by atoms with E-state index in [9.17, 15) is 9.59 Å². The van der Waals surface area contributed by atoms with Crippen molar-refractivity contribution in [2.24, 2.45) is 5.10 Å². The summed E-state index contributed by atoms with van der Waals surface area (Å²) in [6.45, 7) is 0. The molecule has 0 spiro atoms. The third kappa shape index (κ3) is 4.93. The second kappa shape index (κ2) is 8.09. The van der Waals surface area contributed by atoms with E-state index in [1.165, 1.54) is 13.3 Å². The van der Waals surface area contributed by atoms with E-state index in [4.69, 9.17) is 4.74 Å². The summed E-state index contributed by atoms with van der Waals surface area (Å²) >= 11 is 3.33. The summed E-state index contributed by atoms with van der Waals surface area (Å²) in [7, 11) is 1.48. The minimum atomic E-state index is -0.873. The predicted molar refractivity (Wildman–Crippen MR) is 91.5 cm³/mol. The van der Waals surface area contributed by atoms with Gasteiger partial charge in [0.2, 0.25) is 0 Å². The van der Waals surface area contributed by atoms with Crippen LogP contribution in [-0.2, 0) is 9.59 Å². The van der Waals surface area contributed by atoms with Crippen LogP contribution in [0.15, 0.2) is 58.1 Å². The number of hydrogen-bond donors (Lipinski definition) is 2. The molecule has 0 aliphatic rings. The van der Waals surface area contributed by atoms with Gasteiger partial charge in [-0.3, -0.25) is 9.59 Å². The van der Waals surface area contributed by atoms with Crippen LogP contribution in [0.2, 0.25) is 0 Å². The Balaban J connectivity index is 1.94. The van der Waals surface area contributed by atoms with Crippen molar-refractivity contribution in [2.75, 3.05) is 12.4 Å². The minimum absolute atomic E-state index is 0.408. The molecule has 0 saturated carbocycles. The molecule has 0 saturated heterocycles. The van der Waals surface area contributed by atoms with Crippen LogP contribution in [0.25, 0.3) is 0 Å². The summed E-state index contributed by atoms with van der Waals surface area (Å²) in [5, 5.41) is 6.21. The van der Waals surface area contributed by atoms with Gasteiger partial charge in [-0.2, -0.15) is 5.10 Å². The number of ether oxygens (including phenoxy) is 1. The normalized spacial score (nSPS) is 10.3. The Bertz CT molecular complexity index is 747. The van der Waals surface area contributed by atoms with Gasteiger partial charge in [-0.15, -0.1) is 0 Å². The standard InChI is InChI=1S/C16H14BrN3O3/c1-23-14-8-3-2-7-13(14)19-15(21)16(22)20-18-10-11-5-4-6-12(17)9-11/h2-10H,1H3,(H,19,21)(H,20,22)/b18-10-. The largest absolute Gasteiger partial charge is 0.495 e. The first-order chi connectivity index (χ1) is 11.1. The van der Waals surface area contributed by atoms with Gasteiger partial charge in [0.1, 0.15) is 5.75 Å². The molecule has 0 fully saturated rings. The third-order valence-corrected chi connectivity index (χ3v) is 3.28. The van der Waals surface area contributed by atoms with Crippen molar-refractivity contribution in [2.45, 2.75) is 0 Å². The van der Waals surface area contributed by atoms with Gasteiger partial charge in [-0.1, -0.05) is 40.2 Å². The van der Waals surface area contributed by atoms with E-state index in [0.29, 0.717) is 11.4 Å². The highest BCUT2D eigenvalue weighted by Gasteiger charge is 2.14. The number of hydrazone groups is 1. The number of amides is 2. The summed E-state index contributed by atoms with van der Waals surface area (Å²) in [6, 6.07) is 14.1. The van der Waals surface area contributed by atoms with Gasteiger partial charge in [0.25, 0.3) is 0 Å². The Hall–Kier alpha value is -2.67. The Kier molecular flexibility index (Phi) is 5.87. The molecule has 0 aromatic heterocycles. The molecule has 2 N–H and O–H groups in total. The lowest BCUT2D eigenvalue weighted by Gasteiger charge is -2.08. The lowest BCUT2D eigenvalue weighted by atomic mass is 10.2. The molecule has 0 radical (unpaired) electrons. The number of nitrogens with one attached hydrogen (secondary N) is 2. The molecule has 2 aromatic rings. The number of halogens is 1. The number of nitrogens with zero attached hydrogens (tertiary/aromatic N) is 1. The smallest absolute Gasteiger partial charge is 0.329 e. The molecule has 23 heavy (non-hydrogen) atoms. The zero-order valence-corrected chi connectivity index (χ0v) is 13.8. The molecule has 0 atom stereocenters. The van der Waals surface area contributed by atoms with E-state index in [-0.39, 0.29) is 0 Å². The fourth-order valence-corrected chi connectivity index (χ4v) is 2.15. The SMILES string of the molecule is COc1ccccc1NC(=O)C(=O)N/N=C\c1cccc(Br)c1. The van der Waals surface area contributed by atoms with Crippen LogP contribution in [0.5, 0.6) is 5.75 Å². The van der Waals surface area contributed by atoms with Crippen molar-refractivity contribution in [3.63, 3.8) is 0 Å². The average Bonchev–Trinajstić information content (AvgIpc) is 2.55. The zero-order valence-electron chi connectivity index (χ0n) is 12.2. The van der Waals surface area contributed by atoms with Crippen molar-refractivity contribution in [1.82, 2.24) is 5.43 Å². The Labute approximate surface area is 141 Å². The van der Waals surface area contributed by atoms with Crippen LogP contribution >= 0.6 is 15.9 Å². The van der Waals surface area contributed by atoms with Crippen molar-refractivity contribution in [3.8, 4) is 5.75 Å². The summed E-state index contributed by atoms with van der Waals surface area (Å²) in [5.74, 6) is -1.24. The van der Waals surface area contributed by atoms with Gasteiger partial charge in [0.15, 0.2) is 0 Å². The fraction of sp³-hybridized carbons (Fsp3) is 0.0625. The molecular weight excluding hydrogens is 362 g/mol. The molecule has 6 nitrogen and oxygen atoms in total. The second-order valence-corrected chi connectivity index (χ2v) is 5.32. The van der Waals surface area contributed by atoms with Gasteiger partial charge in [0, 0.05) is 4.47 Å². The highest BCUT2D eigenvalue weighted by atomic mass is 79.9. The summed E-state index contributed by atoms with van der Waals surface area (Å²) in [4.78, 5) is 23.5. The summed E-state index contributed by atoms with van der Waals surface area (Å²) in [6.07, 6.45) is 1.44. The Morgan fingerprint density at radius 1 is 1.13 bits per heavy atom. The van der Waals surface area contributed by atoms with E-state index in [1.807, 2.05) is 24.3 Å². The maximum Gasteiger partial charge on any atom is 0.329 e. The van der Waals surface area contributed by atoms with Crippen LogP contribution in [0, 0.1) is 0 Å². The molecule has 7 heteroatoms. The van der Waals surface area contributed by atoms with Gasteiger partial charge in [-0.05, 0) is 29.8 Å². The Morgan fingerprint density at radius 2 is 1.91 bits per heavy atom. The molecule has 0 aliphatic heterocycles. The van der Waals surface area contributed by atoms with Crippen molar-refractivity contribution >= 4 is 39.6 Å². The maximum atomic E-state index is 11.8. The molecule has 0 bridgehead atoms. The lowest BCUT2D eigenvalue weighted by molar-refractivity contribution is -0.136. The van der Waals surface area contributed by atoms with Crippen molar-refractivity contribution < 1.29 is 14.3 Å². The quantitative estimate of drug-likeness (QED) is 0.489. The average molecular weight is 376 g/mol. The second-order valence-electron chi connectivity index (χ2n) is 4.41. The maximum absolute atomic E-state index is 11.8. The molecule has 0 heterocycles. The summed E-state index contributed by atoms with van der Waals surface area (Å²) in [5.41, 5.74) is 3.36. The van der Waals surface area contributed by atoms with Crippen LogP contribution in [0.1, 0.15) is 5.56 Å². The van der Waals surface area contributed by atoms with Crippen LogP contribution in [0.3, 0.4) is 0 Å². The first kappa shape index (κ1) is 16.7. The fourth-order valence-electron chi connectivity index (χ4n) is 1.73. The molecular formula is C16H14BrN3O3. The molecule has 118 valence electrons. The van der Waals surface area contributed by atoms with Gasteiger partial charge in [-0.25, -0.2) is 5.43 Å². The molecule has 0 unspecified atom stereocenters. The Morgan fingerprint density at radius 3 is 2.65 bits per heavy atom. The first-order valence-corrected chi connectivity index (χ1v) is 7.42. The summed E-state index contributed by atoms with van der Waals surface area (Å²) < 4.78 is 5.99. The van der Waals surface area contributed by atoms with Crippen LogP contribution in [0.4, 0.5) is 5.69 Å². The van der Waals surface area contributed by atoms with Gasteiger partial charge in [0.05, 0.1) is 19.0 Å². The van der Waals surface area contributed by atoms with E-state index in [0.717, 1.165) is 10.0 Å². The van der Waals surface area contributed by atoms with Crippen LogP contribution in [-0.4, -0.2) is 25.1 Å². The number of rotatable bonds is 4. The highest BCUT2D eigenvalue weighted by molar-refractivity contribution is 9.10. The number of carbonyl (C=O) groups excluding carboxylic acids is 2. The number of carbonyl (C=O) groups is 2. The number of hydrogen-bond acceptors (Lipinski definition) is 4. The molecule has 2 amide bonds. The minimum Gasteiger partial charge on any atom is -0.495 e. The first-order valence-electron chi connectivity index (χ1n) is 6.63. The van der Waals surface area contributed by atoms with Crippen molar-refractivity contribution in [3.05, 3.63) is 58.6 Å². The molecule has 2 rings (SSSR count). The van der Waals surface area contributed by atoms with E-state index < -0.39 is 11.8 Å². The third-order valence-electron chi connectivity index (χ3n) is 2.79. The molecule has 0 aliphatic carbocycles. The van der Waals surface area contributed by atoms with Crippen molar-refractivity contribution in [1.29, 1.82) is 0 Å². The highest BCUT2D eigenvalue weighted by Crippen LogP contribution is 2.22.